The standard InChI is InChI=1S/C15H22N4S2/c1-4-5-7-16-13-12-10-6-8-19(2)9-11(10)21-14(12)18-15(17-13)20-3/h4-9H2,1-3H3,(H,16,17,18)/p+1. The Kier molecular flexibility index (Phi) is 4.66. The average Bonchev–Trinajstić information content (AvgIpc) is 2.84. The second-order valence-corrected chi connectivity index (χ2v) is 7.51. The minimum absolute atomic E-state index is 0.876. The van der Waals surface area contributed by atoms with Crippen LogP contribution in [0, 0.1) is 0 Å². The van der Waals surface area contributed by atoms with E-state index in [1.54, 1.807) is 16.7 Å². The second kappa shape index (κ2) is 6.50. The SMILES string of the molecule is CCCCNc1nc(SC)nc2sc3c(c12)CC[NH+](C)C3. The Morgan fingerprint density at radius 1 is 1.38 bits per heavy atom. The number of nitrogens with zero attached hydrogens (tertiary/aromatic N) is 2. The number of thiophene rings is 1. The van der Waals surface area contributed by atoms with Crippen LogP contribution in [-0.2, 0) is 13.0 Å². The number of unbranched alkanes of at least 4 members (excludes halogenated alkanes) is 1. The molecule has 2 N–H and O–H groups in total. The maximum Gasteiger partial charge on any atom is 0.190 e. The first-order valence-electron chi connectivity index (χ1n) is 7.64. The van der Waals surface area contributed by atoms with E-state index >= 15 is 0 Å². The topological polar surface area (TPSA) is 42.2 Å². The predicted molar refractivity (Wildman–Crippen MR) is 91.8 cm³/mol. The van der Waals surface area contributed by atoms with Gasteiger partial charge >= 0.3 is 0 Å². The molecule has 2 aromatic rings. The van der Waals surface area contributed by atoms with Crippen LogP contribution in [0.15, 0.2) is 5.16 Å². The Labute approximate surface area is 134 Å². The number of nitrogens with one attached hydrogen (secondary N) is 2. The lowest BCUT2D eigenvalue weighted by molar-refractivity contribution is -0.895. The summed E-state index contributed by atoms with van der Waals surface area (Å²) in [6, 6.07) is 0. The summed E-state index contributed by atoms with van der Waals surface area (Å²) in [5.74, 6) is 1.05. The molecule has 0 bridgehead atoms. The van der Waals surface area contributed by atoms with E-state index in [2.05, 4.69) is 19.3 Å². The highest BCUT2D eigenvalue weighted by molar-refractivity contribution is 7.98. The Morgan fingerprint density at radius 2 is 2.24 bits per heavy atom. The second-order valence-electron chi connectivity index (χ2n) is 5.66. The zero-order chi connectivity index (χ0) is 14.8. The monoisotopic (exact) mass is 323 g/mol. The van der Waals surface area contributed by atoms with Gasteiger partial charge in [0.2, 0.25) is 0 Å². The van der Waals surface area contributed by atoms with E-state index in [1.807, 2.05) is 17.6 Å². The van der Waals surface area contributed by atoms with Crippen LogP contribution in [0.25, 0.3) is 10.2 Å². The van der Waals surface area contributed by atoms with E-state index < -0.39 is 0 Å². The first-order chi connectivity index (χ1) is 10.2. The van der Waals surface area contributed by atoms with Crippen LogP contribution in [-0.4, -0.2) is 36.4 Å². The Bertz CT molecular complexity index is 638. The lowest BCUT2D eigenvalue weighted by Gasteiger charge is -2.19. The summed E-state index contributed by atoms with van der Waals surface area (Å²) in [4.78, 5) is 13.7. The van der Waals surface area contributed by atoms with Crippen molar-refractivity contribution < 1.29 is 4.90 Å². The number of rotatable bonds is 5. The van der Waals surface area contributed by atoms with Crippen LogP contribution in [0.2, 0.25) is 0 Å². The molecule has 1 atom stereocenters. The van der Waals surface area contributed by atoms with Gasteiger partial charge in [-0.25, -0.2) is 9.97 Å². The van der Waals surface area contributed by atoms with Crippen molar-refractivity contribution in [2.45, 2.75) is 37.9 Å². The van der Waals surface area contributed by atoms with Gasteiger partial charge in [-0.2, -0.15) is 0 Å². The predicted octanol–water partition coefficient (Wildman–Crippen LogP) is 2.20. The van der Waals surface area contributed by atoms with Gasteiger partial charge in [-0.15, -0.1) is 11.3 Å². The lowest BCUT2D eigenvalue weighted by Crippen LogP contribution is -3.08. The quantitative estimate of drug-likeness (QED) is 0.503. The van der Waals surface area contributed by atoms with Crippen molar-refractivity contribution in [2.24, 2.45) is 0 Å². The molecule has 4 nitrogen and oxygen atoms in total. The highest BCUT2D eigenvalue weighted by Gasteiger charge is 2.24. The first kappa shape index (κ1) is 15.1. The molecule has 0 saturated heterocycles. The molecule has 1 aliphatic rings. The summed E-state index contributed by atoms with van der Waals surface area (Å²) >= 11 is 3.48. The number of quaternary nitrogens is 1. The minimum Gasteiger partial charge on any atom is -0.369 e. The van der Waals surface area contributed by atoms with E-state index in [-0.39, 0.29) is 0 Å². The van der Waals surface area contributed by atoms with Crippen molar-refractivity contribution in [3.8, 4) is 0 Å². The molecule has 1 unspecified atom stereocenters. The highest BCUT2D eigenvalue weighted by Crippen LogP contribution is 2.36. The number of aromatic nitrogens is 2. The summed E-state index contributed by atoms with van der Waals surface area (Å²) in [6.45, 7) is 5.54. The van der Waals surface area contributed by atoms with E-state index in [4.69, 9.17) is 9.97 Å². The molecule has 2 aromatic heterocycles. The smallest absolute Gasteiger partial charge is 0.190 e. The number of anilines is 1. The highest BCUT2D eigenvalue weighted by atomic mass is 32.2. The number of hydrogen-bond donors (Lipinski definition) is 2. The molecule has 0 spiro atoms. The maximum atomic E-state index is 4.73. The van der Waals surface area contributed by atoms with Gasteiger partial charge in [0, 0.05) is 13.0 Å². The van der Waals surface area contributed by atoms with Gasteiger partial charge in [-0.05, 0) is 18.2 Å². The summed E-state index contributed by atoms with van der Waals surface area (Å²) in [5, 5.41) is 5.71. The van der Waals surface area contributed by atoms with Crippen LogP contribution in [0.4, 0.5) is 5.82 Å². The molecule has 0 amide bonds. The fraction of sp³-hybridized carbons (Fsp3) is 0.600. The van der Waals surface area contributed by atoms with Crippen LogP contribution in [0.3, 0.4) is 0 Å². The summed E-state index contributed by atoms with van der Waals surface area (Å²) in [6.07, 6.45) is 5.57. The van der Waals surface area contributed by atoms with Crippen LogP contribution in [0.1, 0.15) is 30.2 Å². The average molecular weight is 324 g/mol. The minimum atomic E-state index is 0.876. The van der Waals surface area contributed by atoms with Gasteiger partial charge < -0.3 is 10.2 Å². The normalized spacial score (nSPS) is 18.0. The number of likely N-dealkylation sites (N-methyl/N-ethyl adjacent to an activating group) is 1. The molecule has 0 radical (unpaired) electrons. The molecular formula is C15H23N4S2+. The van der Waals surface area contributed by atoms with E-state index in [9.17, 15) is 0 Å². The third-order valence-corrected chi connectivity index (χ3v) is 5.66. The van der Waals surface area contributed by atoms with Crippen molar-refractivity contribution in [1.82, 2.24) is 9.97 Å². The van der Waals surface area contributed by atoms with Gasteiger partial charge in [-0.3, -0.25) is 0 Å². The molecule has 0 saturated carbocycles. The van der Waals surface area contributed by atoms with Gasteiger partial charge in [0.25, 0.3) is 0 Å². The molecule has 114 valence electrons. The van der Waals surface area contributed by atoms with E-state index in [0.717, 1.165) is 35.3 Å². The molecule has 0 aromatic carbocycles. The largest absolute Gasteiger partial charge is 0.369 e. The summed E-state index contributed by atoms with van der Waals surface area (Å²) in [5.41, 5.74) is 1.49. The van der Waals surface area contributed by atoms with Crippen molar-refractivity contribution in [3.05, 3.63) is 10.4 Å². The Hall–Kier alpha value is -0.850. The molecule has 1 aliphatic heterocycles. The first-order valence-corrected chi connectivity index (χ1v) is 9.68. The maximum absolute atomic E-state index is 4.73. The lowest BCUT2D eigenvalue weighted by atomic mass is 10.1. The number of hydrogen-bond acceptors (Lipinski definition) is 5. The molecule has 3 heterocycles. The van der Waals surface area contributed by atoms with Gasteiger partial charge in [-0.1, -0.05) is 25.1 Å². The van der Waals surface area contributed by atoms with Crippen LogP contribution >= 0.6 is 23.1 Å². The van der Waals surface area contributed by atoms with Crippen molar-refractivity contribution in [2.75, 3.05) is 31.7 Å². The Balaban J connectivity index is 2.05. The van der Waals surface area contributed by atoms with Crippen molar-refractivity contribution in [1.29, 1.82) is 0 Å². The van der Waals surface area contributed by atoms with Gasteiger partial charge in [0.15, 0.2) is 5.16 Å². The summed E-state index contributed by atoms with van der Waals surface area (Å²) < 4.78 is 0. The summed E-state index contributed by atoms with van der Waals surface area (Å²) in [7, 11) is 2.27. The van der Waals surface area contributed by atoms with E-state index in [1.165, 1.54) is 35.2 Å². The van der Waals surface area contributed by atoms with Gasteiger partial charge in [0.1, 0.15) is 17.2 Å². The third kappa shape index (κ3) is 3.03. The van der Waals surface area contributed by atoms with Crippen LogP contribution in [0.5, 0.6) is 0 Å². The molecule has 6 heteroatoms. The van der Waals surface area contributed by atoms with Crippen LogP contribution < -0.4 is 10.2 Å². The molecule has 0 fully saturated rings. The molecule has 21 heavy (non-hydrogen) atoms. The molecular weight excluding hydrogens is 300 g/mol. The zero-order valence-corrected chi connectivity index (χ0v) is 14.6. The fourth-order valence-electron chi connectivity index (χ4n) is 2.80. The zero-order valence-electron chi connectivity index (χ0n) is 13.0. The Morgan fingerprint density at radius 3 is 3.00 bits per heavy atom. The van der Waals surface area contributed by atoms with E-state index in [0.29, 0.717) is 0 Å². The number of thioether (sulfide) groups is 1. The fourth-order valence-corrected chi connectivity index (χ4v) is 4.55. The van der Waals surface area contributed by atoms with Crippen molar-refractivity contribution in [3.63, 3.8) is 0 Å². The third-order valence-electron chi connectivity index (χ3n) is 3.98. The van der Waals surface area contributed by atoms with Gasteiger partial charge in [0.05, 0.1) is 23.9 Å². The van der Waals surface area contributed by atoms with Crippen molar-refractivity contribution >= 4 is 39.1 Å². The molecule has 3 rings (SSSR count). The number of fused-ring (bicyclic) bond motifs is 3. The molecule has 0 aliphatic carbocycles.